The second-order valence-corrected chi connectivity index (χ2v) is 4.35. The first-order chi connectivity index (χ1) is 8.00. The molecular formula is C11H11ClN2O3. The average Bonchev–Trinajstić information content (AvgIpc) is 2.28. The average molecular weight is 255 g/mol. The lowest BCUT2D eigenvalue weighted by molar-refractivity contribution is -0.385. The summed E-state index contributed by atoms with van der Waals surface area (Å²) >= 11 is 6.17. The van der Waals surface area contributed by atoms with E-state index in [0.717, 1.165) is 5.56 Å². The van der Waals surface area contributed by atoms with Crippen molar-refractivity contribution in [1.82, 2.24) is 4.90 Å². The Morgan fingerprint density at radius 1 is 1.59 bits per heavy atom. The Labute approximate surface area is 103 Å². The zero-order chi connectivity index (χ0) is 12.6. The predicted molar refractivity (Wildman–Crippen MR) is 62.8 cm³/mol. The molecular weight excluding hydrogens is 244 g/mol. The number of carbonyl (C=O) groups excluding carboxylic acids is 1. The molecule has 0 aliphatic carbocycles. The van der Waals surface area contributed by atoms with Crippen molar-refractivity contribution in [2.75, 3.05) is 6.54 Å². The van der Waals surface area contributed by atoms with E-state index >= 15 is 0 Å². The standard InChI is InChI=1S/C11H11ClN2O3/c1-7(15)13-5-4-8-2-3-9(14(16)17)6-10(8)11(13)12/h2-3,6,11H,4-5H2,1H3. The number of benzene rings is 1. The van der Waals surface area contributed by atoms with Gasteiger partial charge in [0, 0.05) is 25.6 Å². The van der Waals surface area contributed by atoms with Gasteiger partial charge in [-0.15, -0.1) is 0 Å². The van der Waals surface area contributed by atoms with Gasteiger partial charge in [-0.1, -0.05) is 17.7 Å². The fraction of sp³-hybridized carbons (Fsp3) is 0.364. The van der Waals surface area contributed by atoms with E-state index in [4.69, 9.17) is 11.6 Å². The lowest BCUT2D eigenvalue weighted by Crippen LogP contribution is -2.36. The van der Waals surface area contributed by atoms with Gasteiger partial charge in [0.2, 0.25) is 5.91 Å². The number of halogens is 1. The summed E-state index contributed by atoms with van der Waals surface area (Å²) in [7, 11) is 0. The van der Waals surface area contributed by atoms with Crippen LogP contribution in [0.25, 0.3) is 0 Å². The molecule has 1 aromatic carbocycles. The molecule has 1 aliphatic heterocycles. The molecule has 0 saturated carbocycles. The van der Waals surface area contributed by atoms with Crippen molar-refractivity contribution >= 4 is 23.2 Å². The Kier molecular flexibility index (Phi) is 3.02. The largest absolute Gasteiger partial charge is 0.322 e. The molecule has 1 aliphatic rings. The lowest BCUT2D eigenvalue weighted by Gasteiger charge is -2.32. The minimum Gasteiger partial charge on any atom is -0.322 e. The van der Waals surface area contributed by atoms with E-state index in [2.05, 4.69) is 0 Å². The third-order valence-electron chi connectivity index (χ3n) is 2.90. The third-order valence-corrected chi connectivity index (χ3v) is 3.37. The highest BCUT2D eigenvalue weighted by molar-refractivity contribution is 6.21. The Hall–Kier alpha value is -1.62. The van der Waals surface area contributed by atoms with E-state index in [0.29, 0.717) is 18.5 Å². The molecule has 1 heterocycles. The van der Waals surface area contributed by atoms with Crippen LogP contribution in [-0.4, -0.2) is 22.3 Å². The SMILES string of the molecule is CC(=O)N1CCc2ccc([N+](=O)[O-])cc2C1Cl. The van der Waals surface area contributed by atoms with Gasteiger partial charge in [0.25, 0.3) is 5.69 Å². The number of hydrogen-bond donors (Lipinski definition) is 0. The van der Waals surface area contributed by atoms with Gasteiger partial charge in [0.05, 0.1) is 4.92 Å². The minimum absolute atomic E-state index is 0.000183. The van der Waals surface area contributed by atoms with Crippen molar-refractivity contribution in [2.45, 2.75) is 18.8 Å². The quantitative estimate of drug-likeness (QED) is 0.334. The Balaban J connectivity index is 2.42. The number of nitro benzene ring substituents is 1. The van der Waals surface area contributed by atoms with E-state index < -0.39 is 10.4 Å². The molecule has 0 aromatic heterocycles. The van der Waals surface area contributed by atoms with Crippen molar-refractivity contribution in [2.24, 2.45) is 0 Å². The Morgan fingerprint density at radius 3 is 2.88 bits per heavy atom. The molecule has 0 saturated heterocycles. The molecule has 1 unspecified atom stereocenters. The number of non-ortho nitro benzene ring substituents is 1. The maximum absolute atomic E-state index is 11.3. The second kappa shape index (κ2) is 4.33. The maximum Gasteiger partial charge on any atom is 0.269 e. The number of amides is 1. The smallest absolute Gasteiger partial charge is 0.269 e. The number of fused-ring (bicyclic) bond motifs is 1. The highest BCUT2D eigenvalue weighted by atomic mass is 35.5. The topological polar surface area (TPSA) is 63.5 Å². The summed E-state index contributed by atoms with van der Waals surface area (Å²) < 4.78 is 0. The normalized spacial score (nSPS) is 18.7. The van der Waals surface area contributed by atoms with Crippen LogP contribution in [0.1, 0.15) is 23.6 Å². The molecule has 1 atom stereocenters. The molecule has 5 nitrogen and oxygen atoms in total. The zero-order valence-electron chi connectivity index (χ0n) is 9.22. The first-order valence-electron chi connectivity index (χ1n) is 5.19. The van der Waals surface area contributed by atoms with Crippen LogP contribution in [-0.2, 0) is 11.2 Å². The van der Waals surface area contributed by atoms with Crippen molar-refractivity contribution in [1.29, 1.82) is 0 Å². The van der Waals surface area contributed by atoms with E-state index in [-0.39, 0.29) is 11.6 Å². The van der Waals surface area contributed by atoms with Gasteiger partial charge in [-0.3, -0.25) is 14.9 Å². The third kappa shape index (κ3) is 2.10. The Bertz CT molecular complexity index is 490. The summed E-state index contributed by atoms with van der Waals surface area (Å²) in [5.41, 5.74) is 1.01. The van der Waals surface area contributed by atoms with Crippen molar-refractivity contribution < 1.29 is 9.72 Å². The van der Waals surface area contributed by atoms with Crippen LogP contribution in [0.4, 0.5) is 5.69 Å². The predicted octanol–water partition coefficient (Wildman–Crippen LogP) is 2.24. The zero-order valence-corrected chi connectivity index (χ0v) is 9.98. The van der Waals surface area contributed by atoms with Crippen LogP contribution < -0.4 is 0 Å². The molecule has 1 aromatic rings. The highest BCUT2D eigenvalue weighted by Gasteiger charge is 2.28. The molecule has 0 fully saturated rings. The number of nitro groups is 1. The van der Waals surface area contributed by atoms with Crippen LogP contribution in [0.3, 0.4) is 0 Å². The van der Waals surface area contributed by atoms with E-state index in [1.54, 1.807) is 6.07 Å². The summed E-state index contributed by atoms with van der Waals surface area (Å²) in [6, 6.07) is 4.62. The summed E-state index contributed by atoms with van der Waals surface area (Å²) in [5, 5.41) is 10.7. The maximum atomic E-state index is 11.3. The van der Waals surface area contributed by atoms with Crippen LogP contribution in [0.5, 0.6) is 0 Å². The van der Waals surface area contributed by atoms with Crippen molar-refractivity contribution in [3.8, 4) is 0 Å². The number of carbonyl (C=O) groups is 1. The first-order valence-corrected chi connectivity index (χ1v) is 5.63. The van der Waals surface area contributed by atoms with Gasteiger partial charge in [0.1, 0.15) is 5.50 Å². The monoisotopic (exact) mass is 254 g/mol. The molecule has 0 bridgehead atoms. The number of rotatable bonds is 1. The summed E-state index contributed by atoms with van der Waals surface area (Å²) in [5.74, 6) is -0.123. The molecule has 6 heteroatoms. The van der Waals surface area contributed by atoms with Crippen LogP contribution >= 0.6 is 11.6 Å². The summed E-state index contributed by atoms with van der Waals surface area (Å²) in [4.78, 5) is 23.1. The first kappa shape index (κ1) is 11.9. The lowest BCUT2D eigenvalue weighted by atomic mass is 9.99. The van der Waals surface area contributed by atoms with E-state index in [1.807, 2.05) is 0 Å². The van der Waals surface area contributed by atoms with E-state index in [9.17, 15) is 14.9 Å². The van der Waals surface area contributed by atoms with Crippen molar-refractivity contribution in [3.63, 3.8) is 0 Å². The molecule has 1 amide bonds. The number of nitrogens with zero attached hydrogens (tertiary/aromatic N) is 2. The fourth-order valence-corrected chi connectivity index (χ4v) is 2.42. The van der Waals surface area contributed by atoms with Gasteiger partial charge in [-0.25, -0.2) is 0 Å². The fourth-order valence-electron chi connectivity index (χ4n) is 1.98. The summed E-state index contributed by atoms with van der Waals surface area (Å²) in [6.45, 7) is 1.99. The molecule has 17 heavy (non-hydrogen) atoms. The minimum atomic E-state index is -0.615. The van der Waals surface area contributed by atoms with Gasteiger partial charge in [-0.2, -0.15) is 0 Å². The van der Waals surface area contributed by atoms with Gasteiger partial charge >= 0.3 is 0 Å². The number of alkyl halides is 1. The number of hydrogen-bond acceptors (Lipinski definition) is 3. The van der Waals surface area contributed by atoms with Crippen molar-refractivity contribution in [3.05, 3.63) is 39.4 Å². The summed E-state index contributed by atoms with van der Waals surface area (Å²) in [6.07, 6.45) is 0.677. The highest BCUT2D eigenvalue weighted by Crippen LogP contribution is 2.34. The molecule has 0 spiro atoms. The Morgan fingerprint density at radius 2 is 2.29 bits per heavy atom. The van der Waals surface area contributed by atoms with Gasteiger partial charge < -0.3 is 4.90 Å². The molecule has 0 radical (unpaired) electrons. The van der Waals surface area contributed by atoms with E-state index in [1.165, 1.54) is 24.0 Å². The van der Waals surface area contributed by atoms with Gasteiger partial charge in [0.15, 0.2) is 0 Å². The second-order valence-electron chi connectivity index (χ2n) is 3.94. The molecule has 90 valence electrons. The van der Waals surface area contributed by atoms with Crippen LogP contribution in [0.2, 0.25) is 0 Å². The van der Waals surface area contributed by atoms with Crippen LogP contribution in [0.15, 0.2) is 18.2 Å². The molecule has 2 rings (SSSR count). The van der Waals surface area contributed by atoms with Crippen LogP contribution in [0, 0.1) is 10.1 Å². The molecule has 0 N–H and O–H groups in total. The van der Waals surface area contributed by atoms with Gasteiger partial charge in [-0.05, 0) is 17.5 Å².